The molecule has 4 heterocycles. The van der Waals surface area contributed by atoms with E-state index in [2.05, 4.69) is 25.0 Å². The average Bonchev–Trinajstić information content (AvgIpc) is 2.86. The maximum atomic E-state index is 8.61. The van der Waals surface area contributed by atoms with E-state index in [1.165, 1.54) is 6.33 Å². The van der Waals surface area contributed by atoms with Crippen LogP contribution in [0.25, 0.3) is 21.6 Å². The lowest BCUT2D eigenvalue weighted by molar-refractivity contribution is -0.203. The molecule has 0 aromatic carbocycles. The molecular formula is C15H18N8O3. The number of nitrogens with two attached hydrogens (primary N) is 1. The lowest BCUT2D eigenvalue weighted by Gasteiger charge is -2.25. The summed E-state index contributed by atoms with van der Waals surface area (Å²) in [6.07, 6.45) is 2.75. The van der Waals surface area contributed by atoms with Crippen molar-refractivity contribution in [3.63, 3.8) is 0 Å². The Morgan fingerprint density at radius 1 is 1.35 bits per heavy atom. The van der Waals surface area contributed by atoms with E-state index in [0.717, 1.165) is 6.42 Å². The van der Waals surface area contributed by atoms with Gasteiger partial charge in [-0.1, -0.05) is 5.11 Å². The Morgan fingerprint density at radius 2 is 2.19 bits per heavy atom. The van der Waals surface area contributed by atoms with E-state index in [4.69, 9.17) is 25.5 Å². The molecule has 1 aliphatic carbocycles. The fraction of sp³-hybridized carbons (Fsp3) is 0.667. The molecule has 5 rings (SSSR count). The van der Waals surface area contributed by atoms with Crippen LogP contribution in [0.15, 0.2) is 17.8 Å². The zero-order chi connectivity index (χ0) is 18.1. The molecule has 1 spiro atoms. The number of hydrogen-bond acceptors (Lipinski definition) is 8. The maximum Gasteiger partial charge on any atom is 0.167 e. The van der Waals surface area contributed by atoms with Gasteiger partial charge in [-0.2, -0.15) is 0 Å². The van der Waals surface area contributed by atoms with E-state index in [-0.39, 0.29) is 18.1 Å². The first kappa shape index (κ1) is 15.8. The summed E-state index contributed by atoms with van der Waals surface area (Å²) in [5.74, 6) is -0.308. The summed E-state index contributed by atoms with van der Waals surface area (Å²) in [7, 11) is 0. The van der Waals surface area contributed by atoms with Crippen LogP contribution < -0.4 is 5.73 Å². The number of azide groups is 1. The van der Waals surface area contributed by atoms with Crippen LogP contribution in [0.4, 0.5) is 5.82 Å². The molecule has 136 valence electrons. The van der Waals surface area contributed by atoms with Crippen LogP contribution in [0.2, 0.25) is 0 Å². The Labute approximate surface area is 148 Å². The number of nitrogen functional groups attached to an aromatic ring is 1. The van der Waals surface area contributed by atoms with Crippen molar-refractivity contribution in [3.05, 3.63) is 23.1 Å². The first-order valence-corrected chi connectivity index (χ1v) is 8.42. The molecule has 2 aromatic heterocycles. The van der Waals surface area contributed by atoms with Crippen molar-refractivity contribution in [2.24, 2.45) is 11.0 Å². The molecule has 0 bridgehead atoms. The molecule has 3 aliphatic rings. The molecule has 11 nitrogen and oxygen atoms in total. The van der Waals surface area contributed by atoms with Gasteiger partial charge in [0.15, 0.2) is 23.5 Å². The number of anilines is 1. The Hall–Kier alpha value is -2.46. The van der Waals surface area contributed by atoms with Crippen molar-refractivity contribution in [2.45, 2.75) is 50.1 Å². The van der Waals surface area contributed by atoms with Crippen LogP contribution in [0, 0.1) is 5.92 Å². The van der Waals surface area contributed by atoms with E-state index in [1.54, 1.807) is 6.33 Å². The SMILES string of the molecule is CC1(C)OC2C(n3cnc4c(N)ncnc43)O[C@@]3(C[C@H]3CN=[N+]=[N-])[C@@H]2O1. The molecule has 2 saturated heterocycles. The van der Waals surface area contributed by atoms with Gasteiger partial charge in [0.25, 0.3) is 0 Å². The molecule has 2 unspecified atom stereocenters. The number of imidazole rings is 1. The second-order valence-corrected chi connectivity index (χ2v) is 7.38. The predicted octanol–water partition coefficient (Wildman–Crippen LogP) is 1.53. The quantitative estimate of drug-likeness (QED) is 0.497. The van der Waals surface area contributed by atoms with Crippen molar-refractivity contribution < 1.29 is 14.2 Å². The lowest BCUT2D eigenvalue weighted by Crippen LogP contribution is -2.33. The third-order valence-electron chi connectivity index (χ3n) is 5.35. The van der Waals surface area contributed by atoms with Gasteiger partial charge >= 0.3 is 0 Å². The normalized spacial score (nSPS) is 37.0. The molecule has 2 aromatic rings. The standard InChI is InChI=1S/C15H18N8O3/c1-14(2)24-9-10(25-14)15(3-7(15)4-21-22-17)26-13(9)23-6-20-8-11(16)18-5-19-12(8)23/h5-7,9-10,13H,3-4H2,1-2H3,(H2,16,18,19)/t7-,9?,10+,13?,15+/m0/s1. The summed E-state index contributed by atoms with van der Waals surface area (Å²) in [6, 6.07) is 0. The van der Waals surface area contributed by atoms with Crippen molar-refractivity contribution in [1.82, 2.24) is 19.5 Å². The van der Waals surface area contributed by atoms with Gasteiger partial charge in [0.05, 0.1) is 6.33 Å². The number of nitrogens with zero attached hydrogens (tertiary/aromatic N) is 7. The van der Waals surface area contributed by atoms with Gasteiger partial charge in [-0.25, -0.2) is 15.0 Å². The average molecular weight is 358 g/mol. The monoisotopic (exact) mass is 358 g/mol. The van der Waals surface area contributed by atoms with Gasteiger partial charge in [0.2, 0.25) is 0 Å². The van der Waals surface area contributed by atoms with Gasteiger partial charge in [-0.3, -0.25) is 4.57 Å². The van der Waals surface area contributed by atoms with Crippen molar-refractivity contribution in [3.8, 4) is 0 Å². The Kier molecular flexibility index (Phi) is 3.06. The minimum Gasteiger partial charge on any atom is -0.382 e. The summed E-state index contributed by atoms with van der Waals surface area (Å²) in [4.78, 5) is 15.4. The third kappa shape index (κ3) is 2.05. The number of hydrogen-bond donors (Lipinski definition) is 1. The summed E-state index contributed by atoms with van der Waals surface area (Å²) < 4.78 is 20.5. The van der Waals surface area contributed by atoms with Gasteiger partial charge in [0.1, 0.15) is 29.7 Å². The van der Waals surface area contributed by atoms with Gasteiger partial charge in [-0.05, 0) is 31.7 Å². The van der Waals surface area contributed by atoms with Gasteiger partial charge in [-0.15, -0.1) is 0 Å². The first-order valence-electron chi connectivity index (χ1n) is 8.42. The molecule has 0 amide bonds. The summed E-state index contributed by atoms with van der Waals surface area (Å²) in [5.41, 5.74) is 15.1. The minimum atomic E-state index is -0.722. The van der Waals surface area contributed by atoms with Crippen molar-refractivity contribution in [2.75, 3.05) is 12.3 Å². The van der Waals surface area contributed by atoms with E-state index in [0.29, 0.717) is 23.5 Å². The highest BCUT2D eigenvalue weighted by Gasteiger charge is 2.73. The van der Waals surface area contributed by atoms with Crippen LogP contribution in [-0.2, 0) is 14.2 Å². The van der Waals surface area contributed by atoms with Crippen molar-refractivity contribution >= 4 is 17.0 Å². The van der Waals surface area contributed by atoms with E-state index in [1.807, 2.05) is 18.4 Å². The van der Waals surface area contributed by atoms with Crippen LogP contribution in [0.5, 0.6) is 0 Å². The highest BCUT2D eigenvalue weighted by Crippen LogP contribution is 2.62. The highest BCUT2D eigenvalue weighted by molar-refractivity contribution is 5.81. The fourth-order valence-electron chi connectivity index (χ4n) is 4.18. The molecule has 3 fully saturated rings. The zero-order valence-corrected chi connectivity index (χ0v) is 14.3. The van der Waals surface area contributed by atoms with E-state index in [9.17, 15) is 0 Å². The second kappa shape index (κ2) is 5.04. The summed E-state index contributed by atoms with van der Waals surface area (Å²) in [6.45, 7) is 4.14. The van der Waals surface area contributed by atoms with Crippen LogP contribution in [0.1, 0.15) is 26.5 Å². The number of aromatic nitrogens is 4. The van der Waals surface area contributed by atoms with E-state index >= 15 is 0 Å². The predicted molar refractivity (Wildman–Crippen MR) is 88.5 cm³/mol. The van der Waals surface area contributed by atoms with Crippen molar-refractivity contribution in [1.29, 1.82) is 0 Å². The van der Waals surface area contributed by atoms with Crippen LogP contribution in [0.3, 0.4) is 0 Å². The summed E-state index contributed by atoms with van der Waals surface area (Å²) >= 11 is 0. The molecule has 26 heavy (non-hydrogen) atoms. The minimum absolute atomic E-state index is 0.0999. The molecule has 1 saturated carbocycles. The molecule has 11 heteroatoms. The lowest BCUT2D eigenvalue weighted by atomic mass is 10.1. The first-order chi connectivity index (χ1) is 12.5. The van der Waals surface area contributed by atoms with Gasteiger partial charge < -0.3 is 19.9 Å². The number of rotatable bonds is 3. The topological polar surface area (TPSA) is 146 Å². The number of ether oxygens (including phenoxy) is 3. The fourth-order valence-corrected chi connectivity index (χ4v) is 4.18. The highest BCUT2D eigenvalue weighted by atomic mass is 16.8. The molecule has 5 atom stereocenters. The van der Waals surface area contributed by atoms with E-state index < -0.39 is 17.6 Å². The Bertz CT molecular complexity index is 938. The largest absolute Gasteiger partial charge is 0.382 e. The molecule has 2 aliphatic heterocycles. The Morgan fingerprint density at radius 3 is 3.00 bits per heavy atom. The number of fused-ring (bicyclic) bond motifs is 3. The van der Waals surface area contributed by atoms with Gasteiger partial charge in [0, 0.05) is 11.5 Å². The van der Waals surface area contributed by atoms with Crippen LogP contribution >= 0.6 is 0 Å². The van der Waals surface area contributed by atoms with Crippen LogP contribution in [-0.4, -0.2) is 49.7 Å². The molecule has 0 radical (unpaired) electrons. The Balaban J connectivity index is 1.55. The summed E-state index contributed by atoms with van der Waals surface area (Å²) in [5, 5.41) is 3.70. The second-order valence-electron chi connectivity index (χ2n) is 7.38. The smallest absolute Gasteiger partial charge is 0.167 e. The molecule has 2 N–H and O–H groups in total. The zero-order valence-electron chi connectivity index (χ0n) is 14.3. The third-order valence-corrected chi connectivity index (χ3v) is 5.35. The molecular weight excluding hydrogens is 340 g/mol. The maximum absolute atomic E-state index is 8.61.